The summed E-state index contributed by atoms with van der Waals surface area (Å²) in [7, 11) is 0. The van der Waals surface area contributed by atoms with Crippen LogP contribution in [-0.2, 0) is 14.3 Å². The molecule has 7 nitrogen and oxygen atoms in total. The molecule has 2 heterocycles. The van der Waals surface area contributed by atoms with E-state index in [2.05, 4.69) is 0 Å². The first-order valence-corrected chi connectivity index (χ1v) is 8.80. The number of rotatable bonds is 3. The van der Waals surface area contributed by atoms with Crippen LogP contribution in [0.2, 0.25) is 0 Å². The Morgan fingerprint density at radius 3 is 2.42 bits per heavy atom. The maximum atomic E-state index is 12.7. The van der Waals surface area contributed by atoms with Crippen molar-refractivity contribution in [1.29, 1.82) is 0 Å². The predicted octanol–water partition coefficient (Wildman–Crippen LogP) is 2.42. The summed E-state index contributed by atoms with van der Waals surface area (Å²) in [5.74, 6) is -1.30. The maximum Gasteiger partial charge on any atom is 0.411 e. The number of hydrogen-bond donors (Lipinski definition) is 1. The minimum atomic E-state index is -1.05. The highest BCUT2D eigenvalue weighted by Crippen LogP contribution is 2.42. The Balaban J connectivity index is 1.81. The number of hydrogen-bond acceptors (Lipinski definition) is 4. The molecule has 0 bridgehead atoms. The van der Waals surface area contributed by atoms with E-state index in [4.69, 9.17) is 4.74 Å². The molecular weight excluding hydrogens is 336 g/mol. The second kappa shape index (κ2) is 6.63. The van der Waals surface area contributed by atoms with E-state index in [9.17, 15) is 19.5 Å². The number of aliphatic carboxylic acids is 1. The summed E-state index contributed by atoms with van der Waals surface area (Å²) in [5.41, 5.74) is 0.466. The normalized spacial score (nSPS) is 25.8. The van der Waals surface area contributed by atoms with Gasteiger partial charge in [-0.15, -0.1) is 0 Å². The average Bonchev–Trinajstić information content (AvgIpc) is 3.06. The fraction of sp³-hybridized carbons (Fsp3) is 0.526. The van der Waals surface area contributed by atoms with Gasteiger partial charge in [-0.1, -0.05) is 30.3 Å². The summed E-state index contributed by atoms with van der Waals surface area (Å²) in [6.07, 6.45) is -0.651. The summed E-state index contributed by atoms with van der Waals surface area (Å²) >= 11 is 0. The van der Waals surface area contributed by atoms with Crippen LogP contribution in [-0.4, -0.2) is 57.1 Å². The van der Waals surface area contributed by atoms with Crippen molar-refractivity contribution in [2.45, 2.75) is 57.3 Å². The van der Waals surface area contributed by atoms with Crippen LogP contribution < -0.4 is 0 Å². The number of carboxylic acid groups (broad SMARTS) is 1. The minimum absolute atomic E-state index is 0.259. The molecule has 26 heavy (non-hydrogen) atoms. The van der Waals surface area contributed by atoms with Crippen LogP contribution in [0.1, 0.15) is 45.2 Å². The Morgan fingerprint density at radius 1 is 1.19 bits per heavy atom. The molecule has 1 aromatic rings. The molecule has 2 amide bonds. The van der Waals surface area contributed by atoms with Crippen molar-refractivity contribution in [3.8, 4) is 0 Å². The zero-order valence-corrected chi connectivity index (χ0v) is 15.2. The average molecular weight is 360 g/mol. The molecule has 0 spiro atoms. The van der Waals surface area contributed by atoms with Crippen molar-refractivity contribution in [2.24, 2.45) is 0 Å². The Morgan fingerprint density at radius 2 is 1.85 bits per heavy atom. The van der Waals surface area contributed by atoms with Crippen LogP contribution in [0.15, 0.2) is 30.3 Å². The van der Waals surface area contributed by atoms with E-state index in [-0.39, 0.29) is 11.9 Å². The molecular formula is C19H24N2O5. The van der Waals surface area contributed by atoms with Crippen LogP contribution >= 0.6 is 0 Å². The molecule has 1 N–H and O–H groups in total. The molecule has 0 aromatic heterocycles. The highest BCUT2D eigenvalue weighted by molar-refractivity contribution is 5.92. The van der Waals surface area contributed by atoms with Gasteiger partial charge in [0.15, 0.2) is 0 Å². The monoisotopic (exact) mass is 360 g/mol. The van der Waals surface area contributed by atoms with Crippen molar-refractivity contribution in [1.82, 2.24) is 9.80 Å². The minimum Gasteiger partial charge on any atom is -0.480 e. The second-order valence-corrected chi connectivity index (χ2v) is 7.73. The van der Waals surface area contributed by atoms with Gasteiger partial charge in [-0.25, -0.2) is 9.59 Å². The first-order chi connectivity index (χ1) is 12.2. The van der Waals surface area contributed by atoms with Crippen molar-refractivity contribution >= 4 is 18.0 Å². The Kier molecular flexibility index (Phi) is 4.64. The SMILES string of the molecule is CC(C)(C)N1C(=O)[C@H](OC(=O)N2CCC[C@H]2C(=O)O)[C@@H]1c1ccccc1. The van der Waals surface area contributed by atoms with Gasteiger partial charge in [0.1, 0.15) is 12.1 Å². The van der Waals surface area contributed by atoms with Gasteiger partial charge in [-0.2, -0.15) is 0 Å². The summed E-state index contributed by atoms with van der Waals surface area (Å²) in [6, 6.07) is 8.16. The summed E-state index contributed by atoms with van der Waals surface area (Å²) < 4.78 is 5.49. The molecule has 2 fully saturated rings. The number of β-lactam (4-membered cyclic amide) rings is 1. The molecule has 1 aromatic carbocycles. The Hall–Kier alpha value is -2.57. The zero-order valence-electron chi connectivity index (χ0n) is 15.2. The summed E-state index contributed by atoms with van der Waals surface area (Å²) in [4.78, 5) is 39.4. The molecule has 2 saturated heterocycles. The number of carboxylic acids is 1. The van der Waals surface area contributed by atoms with Crippen molar-refractivity contribution < 1.29 is 24.2 Å². The van der Waals surface area contributed by atoms with Gasteiger partial charge < -0.3 is 14.7 Å². The van der Waals surface area contributed by atoms with E-state index in [1.807, 2.05) is 51.1 Å². The molecule has 140 valence electrons. The van der Waals surface area contributed by atoms with Gasteiger partial charge in [-0.05, 0) is 39.2 Å². The van der Waals surface area contributed by atoms with Gasteiger partial charge in [0, 0.05) is 12.1 Å². The Labute approximate surface area is 152 Å². The standard InChI is InChI=1S/C19H24N2O5/c1-19(2,3)21-14(12-8-5-4-6-9-12)15(16(21)22)26-18(25)20-11-7-10-13(20)17(23)24/h4-6,8-9,13-15H,7,10-11H2,1-3H3,(H,23,24)/t13-,14-,15+/m0/s1. The largest absolute Gasteiger partial charge is 0.480 e. The Bertz CT molecular complexity index is 712. The van der Waals surface area contributed by atoms with Crippen molar-refractivity contribution in [2.75, 3.05) is 6.54 Å². The fourth-order valence-electron chi connectivity index (χ4n) is 3.72. The molecule has 2 aliphatic heterocycles. The van der Waals surface area contributed by atoms with Gasteiger partial charge >= 0.3 is 12.1 Å². The highest BCUT2D eigenvalue weighted by Gasteiger charge is 2.55. The van der Waals surface area contributed by atoms with Gasteiger partial charge in [0.2, 0.25) is 6.10 Å². The van der Waals surface area contributed by atoms with E-state index >= 15 is 0 Å². The topological polar surface area (TPSA) is 87.2 Å². The van der Waals surface area contributed by atoms with E-state index in [0.29, 0.717) is 19.4 Å². The third kappa shape index (κ3) is 3.13. The van der Waals surface area contributed by atoms with Crippen LogP contribution in [0.25, 0.3) is 0 Å². The van der Waals surface area contributed by atoms with Crippen molar-refractivity contribution in [3.05, 3.63) is 35.9 Å². The predicted molar refractivity (Wildman–Crippen MR) is 93.4 cm³/mol. The number of ether oxygens (including phenoxy) is 1. The highest BCUT2D eigenvalue weighted by atomic mass is 16.6. The van der Waals surface area contributed by atoms with Crippen molar-refractivity contribution in [3.63, 3.8) is 0 Å². The van der Waals surface area contributed by atoms with E-state index in [0.717, 1.165) is 5.56 Å². The molecule has 0 aliphatic carbocycles. The second-order valence-electron chi connectivity index (χ2n) is 7.73. The lowest BCUT2D eigenvalue weighted by atomic mass is 9.85. The number of carbonyl (C=O) groups is 3. The number of amides is 2. The number of likely N-dealkylation sites (tertiary alicyclic amines) is 2. The third-order valence-electron chi connectivity index (χ3n) is 4.91. The molecule has 3 rings (SSSR count). The van der Waals surface area contributed by atoms with E-state index in [1.54, 1.807) is 4.90 Å². The zero-order chi connectivity index (χ0) is 19.1. The summed E-state index contributed by atoms with van der Waals surface area (Å²) in [5, 5.41) is 9.24. The van der Waals surface area contributed by atoms with Gasteiger partial charge in [-0.3, -0.25) is 9.69 Å². The third-order valence-corrected chi connectivity index (χ3v) is 4.91. The lowest BCUT2D eigenvalue weighted by Gasteiger charge is -2.53. The van der Waals surface area contributed by atoms with Crippen LogP contribution in [0.5, 0.6) is 0 Å². The molecule has 7 heteroatoms. The van der Waals surface area contributed by atoms with Crippen LogP contribution in [0.3, 0.4) is 0 Å². The quantitative estimate of drug-likeness (QED) is 0.837. The lowest BCUT2D eigenvalue weighted by Crippen LogP contribution is -2.66. The maximum absolute atomic E-state index is 12.7. The number of nitrogens with zero attached hydrogens (tertiary/aromatic N) is 2. The molecule has 0 unspecified atom stereocenters. The number of carbonyl (C=O) groups excluding carboxylic acids is 2. The van der Waals surface area contributed by atoms with Crippen LogP contribution in [0.4, 0.5) is 4.79 Å². The fourth-order valence-corrected chi connectivity index (χ4v) is 3.72. The van der Waals surface area contributed by atoms with Gasteiger partial charge in [0.25, 0.3) is 5.91 Å². The molecule has 2 aliphatic rings. The first kappa shape index (κ1) is 18.2. The van der Waals surface area contributed by atoms with E-state index < -0.39 is 29.7 Å². The molecule has 0 saturated carbocycles. The van der Waals surface area contributed by atoms with E-state index in [1.165, 1.54) is 4.90 Å². The van der Waals surface area contributed by atoms with Gasteiger partial charge in [0.05, 0.1) is 0 Å². The summed E-state index contributed by atoms with van der Waals surface area (Å²) in [6.45, 7) is 6.12. The molecule has 3 atom stereocenters. The first-order valence-electron chi connectivity index (χ1n) is 8.80. The van der Waals surface area contributed by atoms with Crippen LogP contribution in [0, 0.1) is 0 Å². The lowest BCUT2D eigenvalue weighted by molar-refractivity contribution is -0.179. The molecule has 0 radical (unpaired) electrons. The number of benzene rings is 1. The smallest absolute Gasteiger partial charge is 0.411 e.